The van der Waals surface area contributed by atoms with Crippen LogP contribution in [0.4, 0.5) is 4.79 Å². The minimum Gasteiger partial charge on any atom is -0.453 e. The first-order valence-corrected chi connectivity index (χ1v) is 8.02. The largest absolute Gasteiger partial charge is 0.453 e. The third kappa shape index (κ3) is 5.98. The molecule has 0 unspecified atom stereocenters. The van der Waals surface area contributed by atoms with Gasteiger partial charge >= 0.3 is 6.09 Å². The minimum absolute atomic E-state index is 0. The molecule has 0 atom stereocenters. The van der Waals surface area contributed by atoms with Crippen molar-refractivity contribution in [2.45, 2.75) is 32.7 Å². The lowest BCUT2D eigenvalue weighted by Gasteiger charge is -2.37. The number of likely N-dealkylation sites (tertiary alicyclic amines) is 1. The van der Waals surface area contributed by atoms with Crippen molar-refractivity contribution in [3.63, 3.8) is 0 Å². The van der Waals surface area contributed by atoms with E-state index in [4.69, 9.17) is 9.47 Å². The highest BCUT2D eigenvalue weighted by molar-refractivity contribution is 14.0. The summed E-state index contributed by atoms with van der Waals surface area (Å²) < 4.78 is 10.0. The highest BCUT2D eigenvalue weighted by atomic mass is 127. The van der Waals surface area contributed by atoms with E-state index in [2.05, 4.69) is 29.5 Å². The number of hydrogen-bond acceptors (Lipinski definition) is 4. The molecule has 1 amide bonds. The van der Waals surface area contributed by atoms with Crippen molar-refractivity contribution in [2.24, 2.45) is 10.4 Å². The predicted octanol–water partition coefficient (Wildman–Crippen LogP) is 1.43. The van der Waals surface area contributed by atoms with Crippen molar-refractivity contribution in [3.8, 4) is 0 Å². The van der Waals surface area contributed by atoms with Crippen molar-refractivity contribution in [1.82, 2.24) is 15.5 Å². The Morgan fingerprint density at radius 1 is 1.39 bits per heavy atom. The smallest absolute Gasteiger partial charge is 0.409 e. The van der Waals surface area contributed by atoms with Gasteiger partial charge in [-0.3, -0.25) is 4.99 Å². The van der Waals surface area contributed by atoms with Crippen molar-refractivity contribution in [2.75, 3.05) is 46.5 Å². The summed E-state index contributed by atoms with van der Waals surface area (Å²) in [4.78, 5) is 17.9. The van der Waals surface area contributed by atoms with E-state index in [1.54, 1.807) is 4.90 Å². The second kappa shape index (κ2) is 9.51. The topological polar surface area (TPSA) is 75.2 Å². The van der Waals surface area contributed by atoms with Gasteiger partial charge in [0.25, 0.3) is 0 Å². The first kappa shape index (κ1) is 20.3. The zero-order valence-corrected chi connectivity index (χ0v) is 16.6. The van der Waals surface area contributed by atoms with Crippen LogP contribution in [0, 0.1) is 5.41 Å². The van der Waals surface area contributed by atoms with Crippen molar-refractivity contribution < 1.29 is 14.3 Å². The maximum Gasteiger partial charge on any atom is 0.409 e. The van der Waals surface area contributed by atoms with E-state index in [0.29, 0.717) is 6.04 Å². The van der Waals surface area contributed by atoms with E-state index < -0.39 is 0 Å². The van der Waals surface area contributed by atoms with Crippen LogP contribution in [0.25, 0.3) is 0 Å². The summed E-state index contributed by atoms with van der Waals surface area (Å²) in [7, 11) is 1.42. The van der Waals surface area contributed by atoms with E-state index in [-0.39, 0.29) is 35.5 Å². The van der Waals surface area contributed by atoms with Gasteiger partial charge in [0, 0.05) is 31.1 Å². The zero-order valence-electron chi connectivity index (χ0n) is 14.3. The molecule has 7 nitrogen and oxygen atoms in total. The molecule has 2 saturated heterocycles. The van der Waals surface area contributed by atoms with Crippen LogP contribution in [0.1, 0.15) is 26.7 Å². The van der Waals surface area contributed by atoms with Gasteiger partial charge < -0.3 is 25.0 Å². The van der Waals surface area contributed by atoms with Crippen LogP contribution < -0.4 is 10.6 Å². The molecule has 2 heterocycles. The fourth-order valence-corrected chi connectivity index (χ4v) is 2.66. The number of guanidine groups is 1. The van der Waals surface area contributed by atoms with E-state index in [9.17, 15) is 4.79 Å². The predicted molar refractivity (Wildman–Crippen MR) is 100 cm³/mol. The standard InChI is InChI=1S/C15H28N4O3.HI/c1-4-16-13(17-9-15(2)10-22-11-15)18-12-5-7-19(8-6-12)14(20)21-3;/h12H,4-11H2,1-3H3,(H2,16,17,18);1H. The highest BCUT2D eigenvalue weighted by Gasteiger charge is 2.33. The molecule has 0 spiro atoms. The fourth-order valence-electron chi connectivity index (χ4n) is 2.66. The van der Waals surface area contributed by atoms with Gasteiger partial charge in [-0.15, -0.1) is 24.0 Å². The number of nitrogens with one attached hydrogen (secondary N) is 2. The summed E-state index contributed by atoms with van der Waals surface area (Å²) in [6, 6.07) is 0.337. The number of carbonyl (C=O) groups excluding carboxylic acids is 1. The number of piperidine rings is 1. The third-order valence-corrected chi connectivity index (χ3v) is 4.13. The zero-order chi connectivity index (χ0) is 16.0. The number of hydrogen-bond donors (Lipinski definition) is 2. The molecule has 0 aromatic heterocycles. The molecule has 0 radical (unpaired) electrons. The number of carbonyl (C=O) groups is 1. The molecule has 2 aliphatic heterocycles. The van der Waals surface area contributed by atoms with Crippen LogP contribution in [-0.2, 0) is 9.47 Å². The average Bonchev–Trinajstić information content (AvgIpc) is 2.51. The Balaban J connectivity index is 0.00000264. The quantitative estimate of drug-likeness (QED) is 0.393. The summed E-state index contributed by atoms with van der Waals surface area (Å²) in [5, 5.41) is 6.76. The van der Waals surface area contributed by atoms with Gasteiger partial charge in [-0.05, 0) is 19.8 Å². The van der Waals surface area contributed by atoms with Crippen molar-refractivity contribution >= 4 is 36.0 Å². The molecule has 2 fully saturated rings. The molecular formula is C15H29IN4O3. The van der Waals surface area contributed by atoms with Crippen LogP contribution in [0.2, 0.25) is 0 Å². The number of nitrogens with zero attached hydrogens (tertiary/aromatic N) is 2. The summed E-state index contributed by atoms with van der Waals surface area (Å²) in [6.07, 6.45) is 1.57. The molecule has 0 aromatic carbocycles. The molecule has 0 bridgehead atoms. The maximum atomic E-state index is 11.5. The van der Waals surface area contributed by atoms with Gasteiger partial charge in [0.05, 0.1) is 26.9 Å². The summed E-state index contributed by atoms with van der Waals surface area (Å²) in [5.41, 5.74) is 0.177. The molecule has 8 heteroatoms. The third-order valence-electron chi connectivity index (χ3n) is 4.13. The van der Waals surface area contributed by atoms with Crippen LogP contribution in [0.5, 0.6) is 0 Å². The molecule has 0 saturated carbocycles. The van der Waals surface area contributed by atoms with E-state index in [1.165, 1.54) is 7.11 Å². The van der Waals surface area contributed by atoms with Crippen molar-refractivity contribution in [1.29, 1.82) is 0 Å². The van der Waals surface area contributed by atoms with E-state index in [0.717, 1.165) is 58.2 Å². The Morgan fingerprint density at radius 2 is 2.04 bits per heavy atom. The van der Waals surface area contributed by atoms with Crippen molar-refractivity contribution in [3.05, 3.63) is 0 Å². The Kier molecular flexibility index (Phi) is 8.38. The Bertz CT molecular complexity index is 408. The van der Waals surface area contributed by atoms with E-state index in [1.807, 2.05) is 0 Å². The number of methoxy groups -OCH3 is 1. The number of ether oxygens (including phenoxy) is 2. The van der Waals surface area contributed by atoms with Crippen LogP contribution in [0.15, 0.2) is 4.99 Å². The monoisotopic (exact) mass is 440 g/mol. The Labute approximate surface area is 155 Å². The number of rotatable bonds is 4. The Hall–Kier alpha value is -0.770. The fraction of sp³-hybridized carbons (Fsp3) is 0.867. The molecule has 2 rings (SSSR count). The van der Waals surface area contributed by atoms with Gasteiger partial charge in [-0.25, -0.2) is 4.79 Å². The molecule has 0 aromatic rings. The Morgan fingerprint density at radius 3 is 2.52 bits per heavy atom. The molecular weight excluding hydrogens is 411 g/mol. The molecule has 2 N–H and O–H groups in total. The minimum atomic E-state index is -0.239. The van der Waals surface area contributed by atoms with Gasteiger partial charge in [-0.1, -0.05) is 6.92 Å². The summed E-state index contributed by atoms with van der Waals surface area (Å²) in [6.45, 7) is 8.86. The van der Waals surface area contributed by atoms with Gasteiger partial charge in [0.2, 0.25) is 0 Å². The second-order valence-corrected chi connectivity index (χ2v) is 6.37. The molecule has 0 aliphatic carbocycles. The first-order valence-electron chi connectivity index (χ1n) is 8.02. The summed E-state index contributed by atoms with van der Waals surface area (Å²) in [5.74, 6) is 0.854. The maximum absolute atomic E-state index is 11.5. The lowest BCUT2D eigenvalue weighted by Crippen LogP contribution is -2.50. The second-order valence-electron chi connectivity index (χ2n) is 6.37. The highest BCUT2D eigenvalue weighted by Crippen LogP contribution is 2.26. The lowest BCUT2D eigenvalue weighted by molar-refractivity contribution is -0.0945. The van der Waals surface area contributed by atoms with E-state index >= 15 is 0 Å². The van der Waals surface area contributed by atoms with Crippen LogP contribution >= 0.6 is 24.0 Å². The number of halogens is 1. The first-order chi connectivity index (χ1) is 10.6. The van der Waals surface area contributed by atoms with Gasteiger partial charge in [0.1, 0.15) is 0 Å². The molecule has 23 heavy (non-hydrogen) atoms. The van der Waals surface area contributed by atoms with Crippen LogP contribution in [-0.4, -0.2) is 69.5 Å². The summed E-state index contributed by atoms with van der Waals surface area (Å²) >= 11 is 0. The molecule has 2 aliphatic rings. The normalized spacial score (nSPS) is 21.0. The SMILES string of the molecule is CCNC(=NCC1(C)COC1)NC1CCN(C(=O)OC)CC1.I. The molecule has 134 valence electrons. The van der Waals surface area contributed by atoms with Crippen LogP contribution in [0.3, 0.4) is 0 Å². The number of amides is 1. The average molecular weight is 440 g/mol. The lowest BCUT2D eigenvalue weighted by atomic mass is 9.89. The van der Waals surface area contributed by atoms with Gasteiger partial charge in [0.15, 0.2) is 5.96 Å². The van der Waals surface area contributed by atoms with Gasteiger partial charge in [-0.2, -0.15) is 0 Å². The number of aliphatic imine (C=N–C) groups is 1.